The first-order chi connectivity index (χ1) is 14.5. The zero-order valence-electron chi connectivity index (χ0n) is 16.9. The van der Waals surface area contributed by atoms with Gasteiger partial charge in [-0.3, -0.25) is 25.8 Å². The van der Waals surface area contributed by atoms with E-state index < -0.39 is 11.8 Å². The van der Waals surface area contributed by atoms with E-state index >= 15 is 0 Å². The number of hydrazine groups is 1. The lowest BCUT2D eigenvalue weighted by Crippen LogP contribution is -2.49. The van der Waals surface area contributed by atoms with Crippen LogP contribution in [-0.4, -0.2) is 43.4 Å². The second-order valence-corrected chi connectivity index (χ2v) is 6.54. The molecule has 8 nitrogen and oxygen atoms in total. The first-order valence-corrected chi connectivity index (χ1v) is 9.79. The van der Waals surface area contributed by atoms with E-state index in [-0.39, 0.29) is 11.7 Å². The number of hydrogen-bond donors (Lipinski definition) is 3. The summed E-state index contributed by atoms with van der Waals surface area (Å²) in [6, 6.07) is 13.9. The van der Waals surface area contributed by atoms with Crippen LogP contribution < -0.4 is 25.6 Å². The minimum atomic E-state index is -0.443. The molecule has 0 aliphatic carbocycles. The van der Waals surface area contributed by atoms with Crippen molar-refractivity contribution in [3.8, 4) is 11.5 Å². The Labute approximate surface area is 180 Å². The van der Waals surface area contributed by atoms with Gasteiger partial charge in [-0.05, 0) is 68.0 Å². The topological polar surface area (TPSA) is 97.9 Å². The third-order valence-corrected chi connectivity index (χ3v) is 3.92. The smallest absolute Gasteiger partial charge is 0.276 e. The molecule has 2 aromatic carbocycles. The zero-order chi connectivity index (χ0) is 21.8. The van der Waals surface area contributed by atoms with Gasteiger partial charge < -0.3 is 14.2 Å². The highest BCUT2D eigenvalue weighted by atomic mass is 32.1. The van der Waals surface area contributed by atoms with Crippen molar-refractivity contribution in [1.82, 2.24) is 16.2 Å². The van der Waals surface area contributed by atoms with Crippen LogP contribution in [0.15, 0.2) is 48.5 Å². The summed E-state index contributed by atoms with van der Waals surface area (Å²) in [4.78, 5) is 24.0. The highest BCUT2D eigenvalue weighted by Gasteiger charge is 2.09. The van der Waals surface area contributed by atoms with E-state index in [1.54, 1.807) is 30.3 Å². The summed E-state index contributed by atoms with van der Waals surface area (Å²) in [5.74, 6) is 0.361. The largest absolute Gasteiger partial charge is 0.491 e. The fourth-order valence-corrected chi connectivity index (χ4v) is 2.43. The molecule has 0 heterocycles. The van der Waals surface area contributed by atoms with Gasteiger partial charge >= 0.3 is 0 Å². The fourth-order valence-electron chi connectivity index (χ4n) is 2.29. The van der Waals surface area contributed by atoms with Crippen molar-refractivity contribution in [2.24, 2.45) is 0 Å². The van der Waals surface area contributed by atoms with Gasteiger partial charge in [0, 0.05) is 12.2 Å². The van der Waals surface area contributed by atoms with Gasteiger partial charge in [0.15, 0.2) is 11.7 Å². The van der Waals surface area contributed by atoms with Crippen LogP contribution in [0.2, 0.25) is 0 Å². The van der Waals surface area contributed by atoms with E-state index in [1.165, 1.54) is 0 Å². The van der Waals surface area contributed by atoms with Crippen molar-refractivity contribution in [2.75, 3.05) is 26.4 Å². The Morgan fingerprint density at radius 1 is 0.967 bits per heavy atom. The highest BCUT2D eigenvalue weighted by molar-refractivity contribution is 7.80. The third-order valence-electron chi connectivity index (χ3n) is 3.72. The van der Waals surface area contributed by atoms with Crippen molar-refractivity contribution in [1.29, 1.82) is 0 Å². The summed E-state index contributed by atoms with van der Waals surface area (Å²) < 4.78 is 16.1. The average molecular weight is 432 g/mol. The number of thiocarbonyl (C=S) groups is 1. The minimum absolute atomic E-state index is 0.0408. The number of aryl methyl sites for hydroxylation is 1. The van der Waals surface area contributed by atoms with E-state index in [2.05, 4.69) is 16.2 Å². The monoisotopic (exact) mass is 431 g/mol. The van der Waals surface area contributed by atoms with Gasteiger partial charge in [0.1, 0.15) is 18.1 Å². The number of hydrogen-bond acceptors (Lipinski definition) is 6. The molecule has 30 heavy (non-hydrogen) atoms. The van der Waals surface area contributed by atoms with Crippen molar-refractivity contribution < 1.29 is 23.8 Å². The summed E-state index contributed by atoms with van der Waals surface area (Å²) in [7, 11) is 0. The average Bonchev–Trinajstić information content (AvgIpc) is 2.74. The van der Waals surface area contributed by atoms with E-state index in [9.17, 15) is 9.59 Å². The molecule has 0 aliphatic rings. The predicted molar refractivity (Wildman–Crippen MR) is 116 cm³/mol. The van der Waals surface area contributed by atoms with Crippen molar-refractivity contribution in [3.05, 3.63) is 59.7 Å². The lowest BCUT2D eigenvalue weighted by molar-refractivity contribution is -0.123. The molecule has 0 radical (unpaired) electrons. The molecule has 9 heteroatoms. The zero-order valence-corrected chi connectivity index (χ0v) is 17.7. The number of amides is 2. The molecule has 0 bridgehead atoms. The molecule has 0 fully saturated rings. The fraction of sp³-hybridized carbons (Fsp3) is 0.286. The summed E-state index contributed by atoms with van der Waals surface area (Å²) >= 11 is 5.01. The maximum atomic E-state index is 12.2. The van der Waals surface area contributed by atoms with Crippen molar-refractivity contribution >= 4 is 29.1 Å². The van der Waals surface area contributed by atoms with Crippen molar-refractivity contribution in [3.63, 3.8) is 0 Å². The van der Waals surface area contributed by atoms with E-state index in [1.807, 2.05) is 32.0 Å². The first kappa shape index (κ1) is 23.1. The molecule has 0 atom stereocenters. The van der Waals surface area contributed by atoms with Gasteiger partial charge in [0.2, 0.25) is 0 Å². The number of carbonyl (C=O) groups is 2. The molecule has 0 saturated heterocycles. The summed E-state index contributed by atoms with van der Waals surface area (Å²) in [5, 5.41) is 2.44. The van der Waals surface area contributed by atoms with Crippen LogP contribution in [0.25, 0.3) is 0 Å². The second kappa shape index (κ2) is 12.4. The normalized spacial score (nSPS) is 10.1. The van der Waals surface area contributed by atoms with Gasteiger partial charge in [0.25, 0.3) is 11.8 Å². The predicted octanol–water partition coefficient (Wildman–Crippen LogP) is 2.12. The number of rotatable bonds is 9. The number of nitrogens with one attached hydrogen (secondary N) is 3. The molecule has 0 spiro atoms. The van der Waals surface area contributed by atoms with Crippen LogP contribution in [0.5, 0.6) is 11.5 Å². The molecule has 2 aromatic rings. The van der Waals surface area contributed by atoms with Gasteiger partial charge in [-0.2, -0.15) is 0 Å². The summed E-state index contributed by atoms with van der Waals surface area (Å²) in [6.07, 6.45) is 0. The van der Waals surface area contributed by atoms with Gasteiger partial charge in [-0.15, -0.1) is 0 Å². The van der Waals surface area contributed by atoms with E-state index in [4.69, 9.17) is 26.4 Å². The molecule has 0 aliphatic heterocycles. The van der Waals surface area contributed by atoms with Gasteiger partial charge in [-0.25, -0.2) is 0 Å². The maximum Gasteiger partial charge on any atom is 0.276 e. The summed E-state index contributed by atoms with van der Waals surface area (Å²) in [5.41, 5.74) is 6.25. The van der Waals surface area contributed by atoms with E-state index in [0.29, 0.717) is 36.9 Å². The number of ether oxygens (including phenoxy) is 3. The Kier molecular flexibility index (Phi) is 9.56. The van der Waals surface area contributed by atoms with Crippen LogP contribution >= 0.6 is 12.2 Å². The molecular formula is C21H25N3O5S. The lowest BCUT2D eigenvalue weighted by atomic mass is 10.2. The Morgan fingerprint density at radius 2 is 1.73 bits per heavy atom. The molecule has 2 amide bonds. The minimum Gasteiger partial charge on any atom is -0.491 e. The Bertz CT molecular complexity index is 858. The Morgan fingerprint density at radius 3 is 2.43 bits per heavy atom. The van der Waals surface area contributed by atoms with Crippen LogP contribution in [-0.2, 0) is 9.53 Å². The second-order valence-electron chi connectivity index (χ2n) is 6.13. The number of benzene rings is 2. The molecule has 160 valence electrons. The van der Waals surface area contributed by atoms with Crippen LogP contribution in [0.1, 0.15) is 22.8 Å². The van der Waals surface area contributed by atoms with Crippen LogP contribution in [0.3, 0.4) is 0 Å². The molecule has 0 aromatic heterocycles. The molecule has 0 unspecified atom stereocenters. The highest BCUT2D eigenvalue weighted by Crippen LogP contribution is 2.12. The Hall–Kier alpha value is -3.17. The summed E-state index contributed by atoms with van der Waals surface area (Å²) in [6.45, 7) is 5.21. The van der Waals surface area contributed by atoms with Crippen molar-refractivity contribution in [2.45, 2.75) is 13.8 Å². The quantitative estimate of drug-likeness (QED) is 0.318. The maximum absolute atomic E-state index is 12.2. The number of carbonyl (C=O) groups excluding carboxylic acids is 2. The molecular weight excluding hydrogens is 406 g/mol. The lowest BCUT2D eigenvalue weighted by Gasteiger charge is -2.12. The molecule has 0 saturated carbocycles. The Balaban J connectivity index is 1.69. The molecule has 3 N–H and O–H groups in total. The first-order valence-electron chi connectivity index (χ1n) is 9.38. The van der Waals surface area contributed by atoms with Gasteiger partial charge in [-0.1, -0.05) is 12.1 Å². The third kappa shape index (κ3) is 8.46. The standard InChI is InChI=1S/C21H25N3O5S/c1-3-27-11-12-28-17-9-7-16(8-10-17)20(26)22-21(30)24-23-19(25)14-29-18-6-4-5-15(2)13-18/h4-10,13H,3,11-12,14H2,1-2H3,(H,23,25)(H2,22,24,26,30). The van der Waals surface area contributed by atoms with Crippen LogP contribution in [0.4, 0.5) is 0 Å². The van der Waals surface area contributed by atoms with Crippen LogP contribution in [0, 0.1) is 6.92 Å². The SMILES string of the molecule is CCOCCOc1ccc(C(=O)NC(=S)NNC(=O)COc2cccc(C)c2)cc1. The molecule has 2 rings (SSSR count). The van der Waals surface area contributed by atoms with Gasteiger partial charge in [0.05, 0.1) is 6.61 Å². The van der Waals surface area contributed by atoms with E-state index in [0.717, 1.165) is 5.56 Å².